The predicted octanol–water partition coefficient (Wildman–Crippen LogP) is 4.32. The highest BCUT2D eigenvalue weighted by Gasteiger charge is 2.19. The summed E-state index contributed by atoms with van der Waals surface area (Å²) in [7, 11) is 0. The van der Waals surface area contributed by atoms with Crippen molar-refractivity contribution in [2.24, 2.45) is 0 Å². The molecule has 1 N–H and O–H groups in total. The monoisotopic (exact) mass is 382 g/mol. The van der Waals surface area contributed by atoms with E-state index in [0.29, 0.717) is 0 Å². The second-order valence-corrected chi connectivity index (χ2v) is 7.44. The van der Waals surface area contributed by atoms with Gasteiger partial charge in [0, 0.05) is 37.7 Å². The van der Waals surface area contributed by atoms with Crippen LogP contribution >= 0.6 is 0 Å². The summed E-state index contributed by atoms with van der Waals surface area (Å²) in [5.41, 5.74) is 8.40. The number of rotatable bonds is 4. The fraction of sp³-hybridized carbons (Fsp3) is 0.167. The van der Waals surface area contributed by atoms with Crippen molar-refractivity contribution in [3.63, 3.8) is 0 Å². The fourth-order valence-corrected chi connectivity index (χ4v) is 3.79. The van der Waals surface area contributed by atoms with E-state index in [0.717, 1.165) is 36.8 Å². The summed E-state index contributed by atoms with van der Waals surface area (Å²) >= 11 is 0. The van der Waals surface area contributed by atoms with E-state index in [4.69, 9.17) is 4.42 Å². The van der Waals surface area contributed by atoms with Gasteiger partial charge in [0.1, 0.15) is 0 Å². The molecule has 2 aliphatic rings. The van der Waals surface area contributed by atoms with Crippen molar-refractivity contribution in [2.75, 3.05) is 13.1 Å². The minimum Gasteiger partial charge on any atom is -0.442 e. The summed E-state index contributed by atoms with van der Waals surface area (Å²) < 4.78 is 5.40. The first kappa shape index (κ1) is 17.5. The van der Waals surface area contributed by atoms with Crippen molar-refractivity contribution in [3.05, 3.63) is 102 Å². The second-order valence-electron chi connectivity index (χ2n) is 7.44. The maximum absolute atomic E-state index is 5.40. The third kappa shape index (κ3) is 3.72. The molecule has 0 saturated heterocycles. The van der Waals surface area contributed by atoms with Crippen LogP contribution in [0, 0.1) is 6.92 Å². The van der Waals surface area contributed by atoms with Crippen LogP contribution in [-0.4, -0.2) is 28.0 Å². The van der Waals surface area contributed by atoms with E-state index in [1.807, 2.05) is 13.1 Å². The van der Waals surface area contributed by atoms with Crippen molar-refractivity contribution in [3.8, 4) is 11.1 Å². The maximum Gasteiger partial charge on any atom is 0.181 e. The summed E-state index contributed by atoms with van der Waals surface area (Å²) in [6, 6.07) is 13.0. The Kier molecular flexibility index (Phi) is 4.48. The molecule has 3 aromatic rings. The molecule has 5 heteroatoms. The van der Waals surface area contributed by atoms with Gasteiger partial charge in [-0.05, 0) is 59.0 Å². The van der Waals surface area contributed by atoms with E-state index in [-0.39, 0.29) is 0 Å². The third-order valence-electron chi connectivity index (χ3n) is 5.33. The van der Waals surface area contributed by atoms with Gasteiger partial charge < -0.3 is 14.6 Å². The normalized spacial score (nSPS) is 15.8. The lowest BCUT2D eigenvalue weighted by atomic mass is 9.99. The highest BCUT2D eigenvalue weighted by molar-refractivity contribution is 5.67. The van der Waals surface area contributed by atoms with Gasteiger partial charge in [0.15, 0.2) is 12.2 Å². The van der Waals surface area contributed by atoms with Gasteiger partial charge in [-0.25, -0.2) is 4.98 Å². The highest BCUT2D eigenvalue weighted by atomic mass is 16.3. The van der Waals surface area contributed by atoms with Crippen LogP contribution in [0.3, 0.4) is 0 Å². The lowest BCUT2D eigenvalue weighted by Gasteiger charge is -2.30. The maximum atomic E-state index is 5.40. The minimum atomic E-state index is 0.775. The smallest absolute Gasteiger partial charge is 0.181 e. The molecule has 5 nitrogen and oxygen atoms in total. The van der Waals surface area contributed by atoms with Gasteiger partial charge in [0.25, 0.3) is 0 Å². The average Bonchev–Trinajstić information content (AvgIpc) is 3.29. The lowest BCUT2D eigenvalue weighted by molar-refractivity contribution is 0.390. The Labute approximate surface area is 170 Å². The predicted molar refractivity (Wildman–Crippen MR) is 113 cm³/mol. The van der Waals surface area contributed by atoms with Gasteiger partial charge in [0.05, 0.1) is 11.9 Å². The van der Waals surface area contributed by atoms with E-state index in [1.165, 1.54) is 34.2 Å². The van der Waals surface area contributed by atoms with E-state index in [9.17, 15) is 0 Å². The summed E-state index contributed by atoms with van der Waals surface area (Å²) in [5.74, 6) is 0.775. The number of allylic oxidation sites excluding steroid dienone is 3. The quantitative estimate of drug-likeness (QED) is 0.728. The number of nitrogens with zero attached hydrogens (tertiary/aromatic N) is 3. The molecule has 0 amide bonds. The van der Waals surface area contributed by atoms with Crippen LogP contribution in [0.4, 0.5) is 0 Å². The Bertz CT molecular complexity index is 1110. The average molecular weight is 382 g/mol. The van der Waals surface area contributed by atoms with Crippen molar-refractivity contribution in [2.45, 2.75) is 13.5 Å². The lowest BCUT2D eigenvalue weighted by Crippen LogP contribution is -2.30. The van der Waals surface area contributed by atoms with Crippen LogP contribution in [0.15, 0.2) is 89.1 Å². The molecule has 29 heavy (non-hydrogen) atoms. The molecule has 2 aliphatic heterocycles. The molecule has 5 rings (SSSR count). The molecule has 0 saturated carbocycles. The standard InChI is InChI=1S/C24H22N4O/c1-17-10-20(6-8-26-17)19-4-2-18(3-5-19)14-28-9-7-21-11-23(24-13-25-16-29-24)27-12-22(21)15-28/h2-11,13,16,27H,12,14-15H2,1H3. The molecule has 4 heterocycles. The fourth-order valence-electron chi connectivity index (χ4n) is 3.79. The molecule has 0 atom stereocenters. The summed E-state index contributed by atoms with van der Waals surface area (Å²) in [5, 5.41) is 3.44. The van der Waals surface area contributed by atoms with Gasteiger partial charge in [0.2, 0.25) is 0 Å². The SMILES string of the molecule is Cc1cc(-c2ccc(CN3C=CC4=C(CNC(c5cnco5)=C4)C3)cc2)ccn1. The minimum absolute atomic E-state index is 0.775. The first-order chi connectivity index (χ1) is 14.2. The zero-order valence-electron chi connectivity index (χ0n) is 16.3. The van der Waals surface area contributed by atoms with Gasteiger partial charge in [-0.15, -0.1) is 0 Å². The molecule has 0 radical (unpaired) electrons. The number of dihydropyridines is 1. The Morgan fingerprint density at radius 2 is 2.03 bits per heavy atom. The number of hydrogen-bond acceptors (Lipinski definition) is 5. The number of oxazole rings is 1. The van der Waals surface area contributed by atoms with Gasteiger partial charge in [-0.1, -0.05) is 24.3 Å². The first-order valence-electron chi connectivity index (χ1n) is 9.75. The van der Waals surface area contributed by atoms with Crippen LogP contribution in [0.25, 0.3) is 16.8 Å². The van der Waals surface area contributed by atoms with Gasteiger partial charge in [-0.2, -0.15) is 0 Å². The molecular weight excluding hydrogens is 360 g/mol. The van der Waals surface area contributed by atoms with Crippen molar-refractivity contribution >= 4 is 5.70 Å². The zero-order valence-corrected chi connectivity index (χ0v) is 16.3. The Hall–Kier alpha value is -3.60. The van der Waals surface area contributed by atoms with Crippen molar-refractivity contribution in [1.82, 2.24) is 20.2 Å². The highest BCUT2D eigenvalue weighted by Crippen LogP contribution is 2.26. The number of aryl methyl sites for hydroxylation is 1. The molecule has 0 aliphatic carbocycles. The summed E-state index contributed by atoms with van der Waals surface area (Å²) in [4.78, 5) is 10.6. The van der Waals surface area contributed by atoms with Gasteiger partial charge in [-0.3, -0.25) is 4.98 Å². The third-order valence-corrected chi connectivity index (χ3v) is 5.33. The second kappa shape index (κ2) is 7.43. The number of nitrogens with one attached hydrogen (secondary N) is 1. The largest absolute Gasteiger partial charge is 0.442 e. The molecule has 1 aromatic carbocycles. The molecule has 0 bridgehead atoms. The topological polar surface area (TPSA) is 54.2 Å². The Morgan fingerprint density at radius 1 is 1.14 bits per heavy atom. The van der Waals surface area contributed by atoms with Crippen molar-refractivity contribution in [1.29, 1.82) is 0 Å². The van der Waals surface area contributed by atoms with Crippen LogP contribution < -0.4 is 5.32 Å². The molecule has 144 valence electrons. The van der Waals surface area contributed by atoms with E-state index in [1.54, 1.807) is 6.20 Å². The van der Waals surface area contributed by atoms with Crippen LogP contribution in [0.5, 0.6) is 0 Å². The number of pyridine rings is 1. The molecular formula is C24H22N4O. The van der Waals surface area contributed by atoms with Crippen LogP contribution in [0.1, 0.15) is 17.0 Å². The van der Waals surface area contributed by atoms with Crippen LogP contribution in [-0.2, 0) is 6.54 Å². The Morgan fingerprint density at radius 3 is 2.83 bits per heavy atom. The van der Waals surface area contributed by atoms with Gasteiger partial charge >= 0.3 is 0 Å². The Balaban J connectivity index is 1.27. The number of aromatic nitrogens is 2. The van der Waals surface area contributed by atoms with E-state index >= 15 is 0 Å². The molecule has 2 aromatic heterocycles. The molecule has 0 spiro atoms. The molecule has 0 unspecified atom stereocenters. The van der Waals surface area contributed by atoms with E-state index < -0.39 is 0 Å². The zero-order chi connectivity index (χ0) is 19.6. The molecule has 0 fully saturated rings. The van der Waals surface area contributed by atoms with E-state index in [2.05, 4.69) is 74.9 Å². The van der Waals surface area contributed by atoms with Crippen molar-refractivity contribution < 1.29 is 4.42 Å². The summed E-state index contributed by atoms with van der Waals surface area (Å²) in [6.07, 6.45) is 11.6. The number of hydrogen-bond donors (Lipinski definition) is 1. The first-order valence-corrected chi connectivity index (χ1v) is 9.75. The van der Waals surface area contributed by atoms with Crippen LogP contribution in [0.2, 0.25) is 0 Å². The summed E-state index contributed by atoms with van der Waals surface area (Å²) in [6.45, 7) is 4.65. The number of benzene rings is 1.